The second-order valence-electron chi connectivity index (χ2n) is 5.82. The SMILES string of the molecule is CCNc1nc(NCC)nc(Oc2ccc(=O)n(CCOc3ccccc3)n2)n1. The molecule has 0 saturated heterocycles. The van der Waals surface area contributed by atoms with Crippen molar-refractivity contribution in [3.63, 3.8) is 0 Å². The number of hydrogen-bond donors (Lipinski definition) is 2. The minimum absolute atomic E-state index is 0.0742. The fourth-order valence-corrected chi connectivity index (χ4v) is 2.38. The smallest absolute Gasteiger partial charge is 0.330 e. The van der Waals surface area contributed by atoms with Gasteiger partial charge in [-0.1, -0.05) is 18.2 Å². The molecule has 10 nitrogen and oxygen atoms in total. The van der Waals surface area contributed by atoms with Crippen molar-refractivity contribution in [1.29, 1.82) is 0 Å². The van der Waals surface area contributed by atoms with Crippen LogP contribution in [0.4, 0.5) is 11.9 Å². The molecule has 152 valence electrons. The van der Waals surface area contributed by atoms with Gasteiger partial charge in [0, 0.05) is 25.2 Å². The maximum absolute atomic E-state index is 12.1. The van der Waals surface area contributed by atoms with E-state index < -0.39 is 0 Å². The number of hydrogen-bond acceptors (Lipinski definition) is 9. The van der Waals surface area contributed by atoms with Crippen molar-refractivity contribution in [2.45, 2.75) is 20.4 Å². The maximum Gasteiger partial charge on any atom is 0.330 e. The van der Waals surface area contributed by atoms with Crippen LogP contribution >= 0.6 is 0 Å². The molecule has 3 aromatic rings. The Morgan fingerprint density at radius 3 is 2.28 bits per heavy atom. The van der Waals surface area contributed by atoms with E-state index in [9.17, 15) is 4.79 Å². The van der Waals surface area contributed by atoms with E-state index in [1.165, 1.54) is 16.8 Å². The summed E-state index contributed by atoms with van der Waals surface area (Å²) in [5.41, 5.74) is -0.258. The summed E-state index contributed by atoms with van der Waals surface area (Å²) < 4.78 is 12.6. The molecule has 0 aliphatic heterocycles. The summed E-state index contributed by atoms with van der Waals surface area (Å²) >= 11 is 0. The third kappa shape index (κ3) is 5.89. The normalized spacial score (nSPS) is 10.4. The van der Waals surface area contributed by atoms with Gasteiger partial charge in [-0.25, -0.2) is 4.68 Å². The first kappa shape index (κ1) is 20.1. The molecule has 0 atom stereocenters. The van der Waals surface area contributed by atoms with Crippen molar-refractivity contribution in [2.75, 3.05) is 30.3 Å². The lowest BCUT2D eigenvalue weighted by atomic mass is 10.3. The lowest BCUT2D eigenvalue weighted by Crippen LogP contribution is -2.25. The Morgan fingerprint density at radius 1 is 0.931 bits per heavy atom. The minimum atomic E-state index is -0.258. The van der Waals surface area contributed by atoms with Gasteiger partial charge >= 0.3 is 6.01 Å². The van der Waals surface area contributed by atoms with Crippen LogP contribution in [0.25, 0.3) is 0 Å². The Labute approximate surface area is 168 Å². The average Bonchev–Trinajstić information content (AvgIpc) is 2.71. The Morgan fingerprint density at radius 2 is 1.62 bits per heavy atom. The van der Waals surface area contributed by atoms with Crippen molar-refractivity contribution in [2.24, 2.45) is 0 Å². The first-order valence-electron chi connectivity index (χ1n) is 9.35. The van der Waals surface area contributed by atoms with E-state index >= 15 is 0 Å². The highest BCUT2D eigenvalue weighted by molar-refractivity contribution is 5.36. The van der Waals surface area contributed by atoms with E-state index in [0.717, 1.165) is 5.75 Å². The second-order valence-corrected chi connectivity index (χ2v) is 5.82. The minimum Gasteiger partial charge on any atom is -0.492 e. The zero-order chi connectivity index (χ0) is 20.5. The van der Waals surface area contributed by atoms with Crippen LogP contribution in [0.2, 0.25) is 0 Å². The lowest BCUT2D eigenvalue weighted by molar-refractivity contribution is 0.283. The molecule has 29 heavy (non-hydrogen) atoms. The van der Waals surface area contributed by atoms with Crippen LogP contribution in [0.1, 0.15) is 13.8 Å². The average molecular weight is 397 g/mol. The molecule has 2 N–H and O–H groups in total. The highest BCUT2D eigenvalue weighted by atomic mass is 16.5. The number of benzene rings is 1. The molecule has 10 heteroatoms. The van der Waals surface area contributed by atoms with Crippen LogP contribution in [-0.2, 0) is 6.54 Å². The summed E-state index contributed by atoms with van der Waals surface area (Å²) in [6.45, 7) is 5.74. The molecule has 0 unspecified atom stereocenters. The Kier molecular flexibility index (Phi) is 6.93. The van der Waals surface area contributed by atoms with Gasteiger partial charge in [-0.3, -0.25) is 4.79 Å². The van der Waals surface area contributed by atoms with Crippen molar-refractivity contribution >= 4 is 11.9 Å². The molecule has 0 fully saturated rings. The summed E-state index contributed by atoms with van der Waals surface area (Å²) in [5.74, 6) is 1.70. The van der Waals surface area contributed by atoms with Crippen LogP contribution in [0.3, 0.4) is 0 Å². The van der Waals surface area contributed by atoms with Gasteiger partial charge in [-0.15, -0.1) is 5.10 Å². The van der Waals surface area contributed by atoms with Crippen LogP contribution in [0.15, 0.2) is 47.3 Å². The van der Waals surface area contributed by atoms with E-state index in [-0.39, 0.29) is 24.0 Å². The number of aromatic nitrogens is 5. The van der Waals surface area contributed by atoms with Gasteiger partial charge in [0.1, 0.15) is 12.4 Å². The fourth-order valence-electron chi connectivity index (χ4n) is 2.38. The van der Waals surface area contributed by atoms with Gasteiger partial charge < -0.3 is 20.1 Å². The number of rotatable bonds is 10. The summed E-state index contributed by atoms with van der Waals surface area (Å²) in [7, 11) is 0. The Bertz CT molecular complexity index is 955. The zero-order valence-corrected chi connectivity index (χ0v) is 16.3. The van der Waals surface area contributed by atoms with Gasteiger partial charge in [-0.2, -0.15) is 15.0 Å². The van der Waals surface area contributed by atoms with Gasteiger partial charge in [0.05, 0.1) is 6.54 Å². The molecule has 2 heterocycles. The standard InChI is InChI=1S/C19H23N7O3/c1-3-20-17-22-18(21-4-2)24-19(23-17)29-15-10-11-16(27)26(25-15)12-13-28-14-8-6-5-7-9-14/h5-11H,3-4,12-13H2,1-2H3,(H2,20,21,22,23,24). The molecule has 1 aromatic carbocycles. The van der Waals surface area contributed by atoms with Gasteiger partial charge in [0.25, 0.3) is 5.56 Å². The van der Waals surface area contributed by atoms with E-state index in [1.807, 2.05) is 44.2 Å². The monoisotopic (exact) mass is 397 g/mol. The first-order chi connectivity index (χ1) is 14.2. The third-order valence-corrected chi connectivity index (χ3v) is 3.64. The number of ether oxygens (including phenoxy) is 2. The second kappa shape index (κ2) is 10.0. The molecular weight excluding hydrogens is 374 g/mol. The Hall–Kier alpha value is -3.69. The molecule has 0 bridgehead atoms. The van der Waals surface area contributed by atoms with Gasteiger partial charge in [-0.05, 0) is 26.0 Å². The fraction of sp³-hybridized carbons (Fsp3) is 0.316. The predicted molar refractivity (Wildman–Crippen MR) is 109 cm³/mol. The maximum atomic E-state index is 12.1. The predicted octanol–water partition coefficient (Wildman–Crippen LogP) is 2.16. The largest absolute Gasteiger partial charge is 0.492 e. The topological polar surface area (TPSA) is 116 Å². The highest BCUT2D eigenvalue weighted by Gasteiger charge is 2.10. The van der Waals surface area contributed by atoms with Crippen LogP contribution < -0.4 is 25.7 Å². The molecule has 2 aromatic heterocycles. The first-order valence-corrected chi connectivity index (χ1v) is 9.35. The number of nitrogens with zero attached hydrogens (tertiary/aromatic N) is 5. The zero-order valence-electron chi connectivity index (χ0n) is 16.3. The number of anilines is 2. The highest BCUT2D eigenvalue weighted by Crippen LogP contribution is 2.17. The lowest BCUT2D eigenvalue weighted by Gasteiger charge is -2.10. The quantitative estimate of drug-likeness (QED) is 0.531. The third-order valence-electron chi connectivity index (χ3n) is 3.64. The van der Waals surface area contributed by atoms with Crippen molar-refractivity contribution in [3.8, 4) is 17.6 Å². The van der Waals surface area contributed by atoms with Crippen LogP contribution in [0.5, 0.6) is 17.6 Å². The van der Waals surface area contributed by atoms with E-state index in [4.69, 9.17) is 9.47 Å². The molecule has 0 saturated carbocycles. The van der Waals surface area contributed by atoms with Crippen LogP contribution in [-0.4, -0.2) is 44.4 Å². The van der Waals surface area contributed by atoms with E-state index in [2.05, 4.69) is 30.7 Å². The molecule has 0 radical (unpaired) electrons. The Balaban J connectivity index is 1.71. The van der Waals surface area contributed by atoms with Gasteiger partial charge in [0.2, 0.25) is 17.8 Å². The van der Waals surface area contributed by atoms with E-state index in [0.29, 0.717) is 31.6 Å². The van der Waals surface area contributed by atoms with Crippen molar-refractivity contribution in [1.82, 2.24) is 24.7 Å². The molecule has 0 spiro atoms. The molecule has 0 amide bonds. The molecule has 0 aliphatic rings. The van der Waals surface area contributed by atoms with Gasteiger partial charge in [0.15, 0.2) is 0 Å². The van der Waals surface area contributed by atoms with Crippen LogP contribution in [0, 0.1) is 0 Å². The summed E-state index contributed by atoms with van der Waals surface area (Å²) in [5, 5.41) is 10.3. The summed E-state index contributed by atoms with van der Waals surface area (Å²) in [6.07, 6.45) is 0. The number of nitrogens with one attached hydrogen (secondary N) is 2. The van der Waals surface area contributed by atoms with Crippen molar-refractivity contribution < 1.29 is 9.47 Å². The molecule has 0 aliphatic carbocycles. The molecule has 3 rings (SSSR count). The van der Waals surface area contributed by atoms with Crippen molar-refractivity contribution in [3.05, 3.63) is 52.8 Å². The number of para-hydroxylation sites is 1. The molecular formula is C19H23N7O3. The summed E-state index contributed by atoms with van der Waals surface area (Å²) in [6, 6.07) is 12.3. The van der Waals surface area contributed by atoms with E-state index in [1.54, 1.807) is 0 Å². The summed E-state index contributed by atoms with van der Waals surface area (Å²) in [4.78, 5) is 24.7.